The lowest BCUT2D eigenvalue weighted by Crippen LogP contribution is -2.29. The normalized spacial score (nSPS) is 12.0. The minimum absolute atomic E-state index is 0.200. The van der Waals surface area contributed by atoms with E-state index in [0.717, 1.165) is 17.4 Å². The zero-order valence-electron chi connectivity index (χ0n) is 13.1. The van der Waals surface area contributed by atoms with Gasteiger partial charge in [-0.2, -0.15) is 0 Å². The molecule has 128 valence electrons. The number of thiophene rings is 1. The van der Waals surface area contributed by atoms with Crippen LogP contribution in [0.2, 0.25) is 0 Å². The molecule has 0 aliphatic heterocycles. The molecule has 3 rings (SSSR count). The fourth-order valence-corrected chi connectivity index (χ4v) is 3.17. The first-order valence-electron chi connectivity index (χ1n) is 7.39. The summed E-state index contributed by atoms with van der Waals surface area (Å²) in [6.07, 6.45) is -1.09. The maximum atomic E-state index is 13.7. The number of anilines is 1. The predicted octanol–water partition coefficient (Wildman–Crippen LogP) is 4.36. The summed E-state index contributed by atoms with van der Waals surface area (Å²) < 4.78 is 32.5. The Labute approximate surface area is 146 Å². The molecule has 0 saturated carbocycles. The average molecular weight is 361 g/mol. The number of rotatable bonds is 4. The highest BCUT2D eigenvalue weighted by Crippen LogP contribution is 2.28. The number of fused-ring (bicyclic) bond motifs is 1. The molecular formula is C18H13F2NO3S. The molecular weight excluding hydrogens is 348 g/mol. The van der Waals surface area contributed by atoms with E-state index in [0.29, 0.717) is 10.1 Å². The van der Waals surface area contributed by atoms with E-state index in [1.807, 2.05) is 0 Å². The molecule has 0 aliphatic carbocycles. The van der Waals surface area contributed by atoms with Gasteiger partial charge >= 0.3 is 5.97 Å². The van der Waals surface area contributed by atoms with Crippen molar-refractivity contribution < 1.29 is 23.1 Å². The molecule has 1 N–H and O–H groups in total. The third kappa shape index (κ3) is 3.83. The van der Waals surface area contributed by atoms with Crippen molar-refractivity contribution in [3.8, 4) is 0 Å². The molecule has 0 spiro atoms. The van der Waals surface area contributed by atoms with E-state index in [2.05, 4.69) is 5.32 Å². The number of ether oxygens (including phenoxy) is 1. The van der Waals surface area contributed by atoms with Crippen LogP contribution in [0.4, 0.5) is 14.5 Å². The standard InChI is InChI=1S/C18H13F2NO3S/c1-10(17(22)21-12-5-2-4-11(19)8-12)24-18(23)16-9-13-14(20)6-3-7-15(13)25-16/h2-10H,1H3,(H,21,22)/t10-/m1/s1. The summed E-state index contributed by atoms with van der Waals surface area (Å²) in [7, 11) is 0. The largest absolute Gasteiger partial charge is 0.448 e. The smallest absolute Gasteiger partial charge is 0.349 e. The minimum atomic E-state index is -1.09. The Morgan fingerprint density at radius 2 is 1.88 bits per heavy atom. The van der Waals surface area contributed by atoms with Crippen molar-refractivity contribution in [3.63, 3.8) is 0 Å². The molecule has 7 heteroatoms. The van der Waals surface area contributed by atoms with Crippen LogP contribution in [0.5, 0.6) is 0 Å². The lowest BCUT2D eigenvalue weighted by Gasteiger charge is -2.13. The van der Waals surface area contributed by atoms with Crippen molar-refractivity contribution in [3.05, 3.63) is 65.0 Å². The van der Waals surface area contributed by atoms with Gasteiger partial charge in [0.2, 0.25) is 0 Å². The Balaban J connectivity index is 1.68. The van der Waals surface area contributed by atoms with Gasteiger partial charge in [0.05, 0.1) is 0 Å². The van der Waals surface area contributed by atoms with Crippen LogP contribution >= 0.6 is 11.3 Å². The molecule has 1 aromatic heterocycles. The van der Waals surface area contributed by atoms with Crippen LogP contribution in [0.1, 0.15) is 16.6 Å². The van der Waals surface area contributed by atoms with Crippen molar-refractivity contribution >= 4 is 39.0 Å². The molecule has 1 atom stereocenters. The van der Waals surface area contributed by atoms with E-state index < -0.39 is 29.6 Å². The first kappa shape index (κ1) is 17.0. The van der Waals surface area contributed by atoms with Crippen LogP contribution < -0.4 is 5.32 Å². The predicted molar refractivity (Wildman–Crippen MR) is 91.7 cm³/mol. The van der Waals surface area contributed by atoms with E-state index in [1.165, 1.54) is 37.3 Å². The Hall–Kier alpha value is -2.80. The van der Waals surface area contributed by atoms with E-state index in [1.54, 1.807) is 12.1 Å². The number of esters is 1. The minimum Gasteiger partial charge on any atom is -0.448 e. The highest BCUT2D eigenvalue weighted by molar-refractivity contribution is 7.20. The zero-order valence-corrected chi connectivity index (χ0v) is 13.9. The number of benzene rings is 2. The second kappa shape index (κ2) is 6.98. The molecule has 0 bridgehead atoms. The highest BCUT2D eigenvalue weighted by atomic mass is 32.1. The van der Waals surface area contributed by atoms with E-state index in [-0.39, 0.29) is 10.6 Å². The van der Waals surface area contributed by atoms with Crippen molar-refractivity contribution in [1.82, 2.24) is 0 Å². The quantitative estimate of drug-likeness (QED) is 0.703. The van der Waals surface area contributed by atoms with Gasteiger partial charge in [-0.25, -0.2) is 13.6 Å². The number of amides is 1. The van der Waals surface area contributed by atoms with Gasteiger partial charge in [-0.3, -0.25) is 4.79 Å². The van der Waals surface area contributed by atoms with Crippen molar-refractivity contribution in [2.24, 2.45) is 0 Å². The molecule has 3 aromatic rings. The molecule has 0 saturated heterocycles. The second-order valence-electron chi connectivity index (χ2n) is 5.31. The summed E-state index contributed by atoms with van der Waals surface area (Å²) in [6, 6.07) is 11.3. The third-order valence-corrected chi connectivity index (χ3v) is 4.53. The Morgan fingerprint density at radius 1 is 1.12 bits per heavy atom. The second-order valence-corrected chi connectivity index (χ2v) is 6.39. The maximum absolute atomic E-state index is 13.7. The number of hydrogen-bond acceptors (Lipinski definition) is 4. The first-order valence-corrected chi connectivity index (χ1v) is 8.21. The summed E-state index contributed by atoms with van der Waals surface area (Å²) in [5.74, 6) is -2.23. The summed E-state index contributed by atoms with van der Waals surface area (Å²) in [5, 5.41) is 2.79. The van der Waals surface area contributed by atoms with Crippen LogP contribution in [0.3, 0.4) is 0 Å². The molecule has 1 heterocycles. The van der Waals surface area contributed by atoms with Crippen molar-refractivity contribution in [1.29, 1.82) is 0 Å². The van der Waals surface area contributed by atoms with E-state index in [4.69, 9.17) is 4.74 Å². The van der Waals surface area contributed by atoms with Crippen molar-refractivity contribution in [2.45, 2.75) is 13.0 Å². The van der Waals surface area contributed by atoms with Crippen LogP contribution in [0.25, 0.3) is 10.1 Å². The lowest BCUT2D eigenvalue weighted by molar-refractivity contribution is -0.123. The van der Waals surface area contributed by atoms with Gasteiger partial charge in [0.1, 0.15) is 16.5 Å². The number of hydrogen-bond donors (Lipinski definition) is 1. The fraction of sp³-hybridized carbons (Fsp3) is 0.111. The molecule has 2 aromatic carbocycles. The maximum Gasteiger partial charge on any atom is 0.349 e. The number of carbonyl (C=O) groups is 2. The van der Waals surface area contributed by atoms with Gasteiger partial charge in [0.15, 0.2) is 6.10 Å². The first-order chi connectivity index (χ1) is 11.9. The van der Waals surface area contributed by atoms with Gasteiger partial charge in [0, 0.05) is 15.8 Å². The molecule has 4 nitrogen and oxygen atoms in total. The van der Waals surface area contributed by atoms with Gasteiger partial charge in [-0.1, -0.05) is 12.1 Å². The average Bonchev–Trinajstić information content (AvgIpc) is 3.00. The number of halogens is 2. The Kier molecular flexibility index (Phi) is 4.76. The van der Waals surface area contributed by atoms with Crippen LogP contribution in [0, 0.1) is 11.6 Å². The van der Waals surface area contributed by atoms with Crippen LogP contribution in [0.15, 0.2) is 48.5 Å². The van der Waals surface area contributed by atoms with Gasteiger partial charge in [0.25, 0.3) is 5.91 Å². The lowest BCUT2D eigenvalue weighted by atomic mass is 10.2. The van der Waals surface area contributed by atoms with Crippen LogP contribution in [-0.2, 0) is 9.53 Å². The third-order valence-electron chi connectivity index (χ3n) is 3.45. The summed E-state index contributed by atoms with van der Waals surface area (Å²) >= 11 is 1.08. The molecule has 0 fully saturated rings. The number of carbonyl (C=O) groups excluding carboxylic acids is 2. The molecule has 25 heavy (non-hydrogen) atoms. The topological polar surface area (TPSA) is 55.4 Å². The SMILES string of the molecule is C[C@@H](OC(=O)c1cc2c(F)cccc2s1)C(=O)Nc1cccc(F)c1. The Morgan fingerprint density at radius 3 is 2.60 bits per heavy atom. The molecule has 0 unspecified atom stereocenters. The summed E-state index contributed by atoms with van der Waals surface area (Å²) in [6.45, 7) is 1.40. The highest BCUT2D eigenvalue weighted by Gasteiger charge is 2.21. The summed E-state index contributed by atoms with van der Waals surface area (Å²) in [4.78, 5) is 24.4. The van der Waals surface area contributed by atoms with Crippen molar-refractivity contribution in [2.75, 3.05) is 5.32 Å². The molecule has 1 amide bonds. The van der Waals surface area contributed by atoms with Gasteiger partial charge in [-0.15, -0.1) is 11.3 Å². The van der Waals surface area contributed by atoms with Gasteiger partial charge < -0.3 is 10.1 Å². The number of nitrogens with one attached hydrogen (secondary N) is 1. The van der Waals surface area contributed by atoms with Crippen LogP contribution in [-0.4, -0.2) is 18.0 Å². The fourth-order valence-electron chi connectivity index (χ4n) is 2.21. The van der Waals surface area contributed by atoms with E-state index >= 15 is 0 Å². The molecule has 0 radical (unpaired) electrons. The van der Waals surface area contributed by atoms with E-state index in [9.17, 15) is 18.4 Å². The monoisotopic (exact) mass is 361 g/mol. The summed E-state index contributed by atoms with van der Waals surface area (Å²) in [5.41, 5.74) is 0.261. The Bertz CT molecular complexity index is 954. The molecule has 0 aliphatic rings. The van der Waals surface area contributed by atoms with Gasteiger partial charge in [-0.05, 0) is 43.3 Å². The zero-order chi connectivity index (χ0) is 18.0.